The lowest BCUT2D eigenvalue weighted by molar-refractivity contribution is 0.0691. The fraction of sp³-hybridized carbons (Fsp3) is 0.538. The number of pyridine rings is 1. The first kappa shape index (κ1) is 15.8. The Morgan fingerprint density at radius 1 is 1.37 bits per heavy atom. The molecule has 0 atom stereocenters. The van der Waals surface area contributed by atoms with Crippen LogP contribution >= 0.6 is 12.2 Å². The Balaban J connectivity index is 2.17. The van der Waals surface area contributed by atoms with Gasteiger partial charge in [-0.05, 0) is 25.0 Å². The molecular weight excluding hydrogens is 262 g/mol. The average molecular weight is 283 g/mol. The van der Waals surface area contributed by atoms with Crippen LogP contribution in [-0.2, 0) is 9.47 Å². The maximum Gasteiger partial charge on any atom is 0.124 e. The van der Waals surface area contributed by atoms with Crippen molar-refractivity contribution in [2.24, 2.45) is 5.73 Å². The molecule has 0 aliphatic heterocycles. The maximum absolute atomic E-state index is 5.61. The van der Waals surface area contributed by atoms with Crippen molar-refractivity contribution in [3.05, 3.63) is 24.0 Å². The highest BCUT2D eigenvalue weighted by molar-refractivity contribution is 7.80. The molecule has 1 heterocycles. The van der Waals surface area contributed by atoms with E-state index in [1.807, 2.05) is 12.1 Å². The lowest BCUT2D eigenvalue weighted by Gasteiger charge is -2.10. The van der Waals surface area contributed by atoms with Crippen molar-refractivity contribution in [2.75, 3.05) is 38.8 Å². The van der Waals surface area contributed by atoms with E-state index >= 15 is 0 Å². The van der Waals surface area contributed by atoms with Crippen molar-refractivity contribution in [1.82, 2.24) is 4.98 Å². The van der Waals surface area contributed by atoms with Crippen LogP contribution < -0.4 is 11.1 Å². The van der Waals surface area contributed by atoms with Gasteiger partial charge >= 0.3 is 0 Å². The van der Waals surface area contributed by atoms with Crippen LogP contribution in [0.5, 0.6) is 0 Å². The zero-order valence-corrected chi connectivity index (χ0v) is 12.0. The molecule has 0 aliphatic carbocycles. The first-order valence-corrected chi connectivity index (χ1v) is 6.72. The second-order valence-corrected chi connectivity index (χ2v) is 4.44. The number of aromatic nitrogens is 1. The van der Waals surface area contributed by atoms with E-state index in [1.54, 1.807) is 13.3 Å². The van der Waals surface area contributed by atoms with Gasteiger partial charge < -0.3 is 20.5 Å². The molecule has 0 radical (unpaired) electrons. The minimum absolute atomic E-state index is 0.311. The largest absolute Gasteiger partial charge is 0.388 e. The minimum Gasteiger partial charge on any atom is -0.388 e. The summed E-state index contributed by atoms with van der Waals surface area (Å²) in [5.41, 5.74) is 7.14. The Labute approximate surface area is 119 Å². The number of anilines is 1. The number of nitrogens with zero attached hydrogens (tertiary/aromatic N) is 1. The second-order valence-electron chi connectivity index (χ2n) is 4.00. The molecule has 0 aliphatic rings. The molecule has 3 N–H and O–H groups in total. The lowest BCUT2D eigenvalue weighted by Crippen LogP contribution is -2.15. The third kappa shape index (κ3) is 6.47. The summed E-state index contributed by atoms with van der Waals surface area (Å²) in [7, 11) is 1.67. The maximum atomic E-state index is 5.61. The molecule has 0 spiro atoms. The normalized spacial score (nSPS) is 10.4. The van der Waals surface area contributed by atoms with Crippen LogP contribution in [0.2, 0.25) is 0 Å². The van der Waals surface area contributed by atoms with E-state index < -0.39 is 0 Å². The first-order chi connectivity index (χ1) is 9.25. The highest BCUT2D eigenvalue weighted by Crippen LogP contribution is 2.11. The molecule has 1 aromatic heterocycles. The molecule has 0 amide bonds. The number of nitrogens with one attached hydrogen (secondary N) is 1. The van der Waals surface area contributed by atoms with Crippen LogP contribution in [0.25, 0.3) is 0 Å². The van der Waals surface area contributed by atoms with Gasteiger partial charge in [-0.25, -0.2) is 0 Å². The Morgan fingerprint density at radius 3 is 2.95 bits per heavy atom. The van der Waals surface area contributed by atoms with E-state index in [-0.39, 0.29) is 0 Å². The third-order valence-corrected chi connectivity index (χ3v) is 2.70. The number of methoxy groups -OCH3 is 1. The molecule has 0 saturated heterocycles. The quantitative estimate of drug-likeness (QED) is 0.502. The summed E-state index contributed by atoms with van der Waals surface area (Å²) >= 11 is 4.95. The summed E-state index contributed by atoms with van der Waals surface area (Å²) in [5.74, 6) is 0. The fourth-order valence-electron chi connectivity index (χ4n) is 1.54. The zero-order chi connectivity index (χ0) is 13.9. The van der Waals surface area contributed by atoms with Crippen molar-refractivity contribution in [1.29, 1.82) is 0 Å². The van der Waals surface area contributed by atoms with Gasteiger partial charge in [-0.3, -0.25) is 4.98 Å². The summed E-state index contributed by atoms with van der Waals surface area (Å²) in [6.07, 6.45) is 3.70. The van der Waals surface area contributed by atoms with E-state index in [1.165, 1.54) is 0 Å². The molecule has 0 bridgehead atoms. The Bertz CT molecular complexity index is 388. The smallest absolute Gasteiger partial charge is 0.124 e. The molecule has 19 heavy (non-hydrogen) atoms. The van der Waals surface area contributed by atoms with E-state index in [0.717, 1.165) is 31.7 Å². The highest BCUT2D eigenvalue weighted by atomic mass is 32.1. The number of unbranched alkanes of at least 4 members (excludes halogenated alkanes) is 1. The van der Waals surface area contributed by atoms with Crippen molar-refractivity contribution in [3.8, 4) is 0 Å². The van der Waals surface area contributed by atoms with E-state index in [4.69, 9.17) is 27.4 Å². The van der Waals surface area contributed by atoms with Crippen molar-refractivity contribution in [3.63, 3.8) is 0 Å². The summed E-state index contributed by atoms with van der Waals surface area (Å²) in [4.78, 5) is 4.47. The molecule has 1 aromatic rings. The number of thiocarbonyl (C=S) groups is 1. The van der Waals surface area contributed by atoms with Gasteiger partial charge in [0.1, 0.15) is 10.7 Å². The van der Waals surface area contributed by atoms with E-state index in [9.17, 15) is 0 Å². The zero-order valence-electron chi connectivity index (χ0n) is 11.2. The summed E-state index contributed by atoms with van der Waals surface area (Å²) in [5, 5.41) is 3.29. The van der Waals surface area contributed by atoms with Crippen molar-refractivity contribution in [2.45, 2.75) is 12.8 Å². The molecular formula is C13H21N3O2S. The Morgan fingerprint density at radius 2 is 2.21 bits per heavy atom. The number of rotatable bonds is 10. The van der Waals surface area contributed by atoms with Crippen molar-refractivity contribution < 1.29 is 9.47 Å². The van der Waals surface area contributed by atoms with Gasteiger partial charge in [0, 0.05) is 26.5 Å². The Kier molecular flexibility index (Phi) is 8.04. The fourth-order valence-corrected chi connectivity index (χ4v) is 1.70. The van der Waals surface area contributed by atoms with Gasteiger partial charge in [0.15, 0.2) is 0 Å². The standard InChI is InChI=1S/C13H21N3O2S/c1-17-9-10-18-8-3-2-6-15-11-5-4-7-16-12(11)13(14)19/h4-5,7,15H,2-3,6,8-10H2,1H3,(H2,14,19). The van der Waals surface area contributed by atoms with Gasteiger partial charge in [-0.2, -0.15) is 0 Å². The average Bonchev–Trinajstić information content (AvgIpc) is 2.42. The molecule has 5 nitrogen and oxygen atoms in total. The SMILES string of the molecule is COCCOCCCCNc1cccnc1C(N)=S. The van der Waals surface area contributed by atoms with Crippen LogP contribution in [0.3, 0.4) is 0 Å². The van der Waals surface area contributed by atoms with Gasteiger partial charge in [0.05, 0.1) is 18.9 Å². The molecule has 0 fully saturated rings. The summed E-state index contributed by atoms with van der Waals surface area (Å²) < 4.78 is 10.3. The third-order valence-electron chi connectivity index (χ3n) is 2.50. The van der Waals surface area contributed by atoms with Crippen LogP contribution in [0, 0.1) is 0 Å². The van der Waals surface area contributed by atoms with Gasteiger partial charge in [0.25, 0.3) is 0 Å². The monoisotopic (exact) mass is 283 g/mol. The summed E-state index contributed by atoms with van der Waals surface area (Å²) in [6, 6.07) is 3.79. The number of hydrogen-bond acceptors (Lipinski definition) is 5. The predicted molar refractivity (Wildman–Crippen MR) is 80.5 cm³/mol. The van der Waals surface area contributed by atoms with Gasteiger partial charge in [0.2, 0.25) is 0 Å². The first-order valence-electron chi connectivity index (χ1n) is 6.31. The minimum atomic E-state index is 0.311. The number of ether oxygens (including phenoxy) is 2. The van der Waals surface area contributed by atoms with Crippen LogP contribution in [-0.4, -0.2) is 43.4 Å². The van der Waals surface area contributed by atoms with E-state index in [2.05, 4.69) is 10.3 Å². The predicted octanol–water partition coefficient (Wildman–Crippen LogP) is 1.57. The number of hydrogen-bond donors (Lipinski definition) is 2. The molecule has 6 heteroatoms. The highest BCUT2D eigenvalue weighted by Gasteiger charge is 2.04. The van der Waals surface area contributed by atoms with E-state index in [0.29, 0.717) is 23.9 Å². The number of nitrogens with two attached hydrogens (primary N) is 1. The Hall–Kier alpha value is -1.24. The summed E-state index contributed by atoms with van der Waals surface area (Å²) in [6.45, 7) is 2.89. The van der Waals surface area contributed by atoms with Crippen molar-refractivity contribution >= 4 is 22.9 Å². The van der Waals surface area contributed by atoms with Crippen LogP contribution in [0.15, 0.2) is 18.3 Å². The van der Waals surface area contributed by atoms with Gasteiger partial charge in [-0.1, -0.05) is 12.2 Å². The lowest BCUT2D eigenvalue weighted by atomic mass is 10.2. The molecule has 0 unspecified atom stereocenters. The van der Waals surface area contributed by atoms with Crippen LogP contribution in [0.1, 0.15) is 18.5 Å². The topological polar surface area (TPSA) is 69.4 Å². The molecule has 1 rings (SSSR count). The second kappa shape index (κ2) is 9.66. The molecule has 0 aromatic carbocycles. The molecule has 106 valence electrons. The van der Waals surface area contributed by atoms with Crippen LogP contribution in [0.4, 0.5) is 5.69 Å². The molecule has 0 saturated carbocycles. The van der Waals surface area contributed by atoms with Gasteiger partial charge in [-0.15, -0.1) is 0 Å².